The van der Waals surface area contributed by atoms with Crippen molar-refractivity contribution < 1.29 is 34.9 Å². The molecule has 1 aromatic rings. The van der Waals surface area contributed by atoms with Crippen molar-refractivity contribution in [2.75, 3.05) is 6.61 Å². The molecule has 1 amide bonds. The summed E-state index contributed by atoms with van der Waals surface area (Å²) in [6.45, 7) is -0.652. The van der Waals surface area contributed by atoms with Crippen LogP contribution in [0.3, 0.4) is 0 Å². The number of nitrogens with zero attached hydrogens (tertiary/aromatic N) is 2. The maximum atomic E-state index is 12.9. The molecule has 29 heavy (non-hydrogen) atoms. The van der Waals surface area contributed by atoms with Crippen molar-refractivity contribution in [3.8, 4) is 0 Å². The van der Waals surface area contributed by atoms with E-state index in [0.717, 1.165) is 16.7 Å². The SMILES string of the molecule is N[C@H]1C(=O)N([C@@H]2O[C@H](CO)[C@H](O)[C@H](O)[C@H]2O)C(=S)S[C@H]1c1ccc([N+](=O)[O-])cc1. The van der Waals surface area contributed by atoms with Gasteiger partial charge in [0, 0.05) is 12.1 Å². The van der Waals surface area contributed by atoms with Crippen LogP contribution in [-0.4, -0.2) is 83.8 Å². The third-order valence-electron chi connectivity index (χ3n) is 4.83. The van der Waals surface area contributed by atoms with Crippen LogP contribution in [0.4, 0.5) is 5.69 Å². The Labute approximate surface area is 174 Å². The summed E-state index contributed by atoms with van der Waals surface area (Å²) < 4.78 is 5.41. The van der Waals surface area contributed by atoms with Gasteiger partial charge in [-0.1, -0.05) is 36.1 Å². The topological polar surface area (TPSA) is 180 Å². The van der Waals surface area contributed by atoms with Gasteiger partial charge in [-0.15, -0.1) is 0 Å². The highest BCUT2D eigenvalue weighted by molar-refractivity contribution is 8.23. The zero-order valence-electron chi connectivity index (χ0n) is 14.8. The number of ether oxygens (including phenoxy) is 1. The summed E-state index contributed by atoms with van der Waals surface area (Å²) in [5.74, 6) is -0.693. The van der Waals surface area contributed by atoms with E-state index < -0.39 is 59.4 Å². The van der Waals surface area contributed by atoms with Crippen LogP contribution in [-0.2, 0) is 9.53 Å². The number of thiocarbonyl (C=S) groups is 1. The van der Waals surface area contributed by atoms with Gasteiger partial charge in [-0.2, -0.15) is 0 Å². The average molecular weight is 445 g/mol. The first-order valence-electron chi connectivity index (χ1n) is 8.51. The highest BCUT2D eigenvalue weighted by atomic mass is 32.2. The number of amides is 1. The number of thioether (sulfide) groups is 1. The fourth-order valence-electron chi connectivity index (χ4n) is 3.20. The standard InChI is InChI=1S/C16H19N3O8S2/c17-9-13(6-1-3-7(4-2-6)19(25)26)29-16(28)18(14(9)24)15-12(23)11(22)10(21)8(5-20)27-15/h1-4,8-13,15,20-23H,5,17H2/t8-,9-,10+,11+,12-,13+,15-/m1/s1. The molecule has 2 heterocycles. The van der Waals surface area contributed by atoms with E-state index >= 15 is 0 Å². The van der Waals surface area contributed by atoms with E-state index in [1.807, 2.05) is 0 Å². The molecule has 7 atom stereocenters. The molecule has 2 fully saturated rings. The Bertz CT molecular complexity index is 808. The van der Waals surface area contributed by atoms with E-state index in [-0.39, 0.29) is 10.0 Å². The largest absolute Gasteiger partial charge is 0.394 e. The highest BCUT2D eigenvalue weighted by Gasteiger charge is 2.51. The molecule has 0 unspecified atom stereocenters. The Morgan fingerprint density at radius 3 is 2.38 bits per heavy atom. The van der Waals surface area contributed by atoms with Crippen molar-refractivity contribution in [3.63, 3.8) is 0 Å². The molecule has 2 aliphatic rings. The summed E-state index contributed by atoms with van der Waals surface area (Å²) in [6, 6.07) is 4.42. The fraction of sp³-hybridized carbons (Fsp3) is 0.500. The minimum atomic E-state index is -1.68. The predicted molar refractivity (Wildman–Crippen MR) is 105 cm³/mol. The minimum Gasteiger partial charge on any atom is -0.394 e. The van der Waals surface area contributed by atoms with Crippen LogP contribution in [0.2, 0.25) is 0 Å². The van der Waals surface area contributed by atoms with Gasteiger partial charge in [0.2, 0.25) is 5.91 Å². The fourth-order valence-corrected chi connectivity index (χ4v) is 4.79. The zero-order chi connectivity index (χ0) is 21.5. The predicted octanol–water partition coefficient (Wildman–Crippen LogP) is -1.38. The van der Waals surface area contributed by atoms with E-state index in [9.17, 15) is 35.3 Å². The molecule has 0 bridgehead atoms. The number of carbonyl (C=O) groups is 1. The van der Waals surface area contributed by atoms with Gasteiger partial charge in [-0.05, 0) is 5.56 Å². The number of hydrogen-bond acceptors (Lipinski definition) is 11. The quantitative estimate of drug-likeness (QED) is 0.209. The number of non-ortho nitro benzene ring substituents is 1. The van der Waals surface area contributed by atoms with Crippen LogP contribution >= 0.6 is 24.0 Å². The molecule has 0 aliphatic carbocycles. The van der Waals surface area contributed by atoms with Gasteiger partial charge in [-0.25, -0.2) is 0 Å². The molecule has 0 saturated carbocycles. The van der Waals surface area contributed by atoms with Crippen molar-refractivity contribution in [2.45, 2.75) is 41.9 Å². The Balaban J connectivity index is 1.83. The summed E-state index contributed by atoms with van der Waals surface area (Å²) >= 11 is 6.31. The highest BCUT2D eigenvalue weighted by Crippen LogP contribution is 2.40. The van der Waals surface area contributed by atoms with Crippen molar-refractivity contribution in [1.82, 2.24) is 4.90 Å². The molecule has 0 spiro atoms. The molecule has 158 valence electrons. The van der Waals surface area contributed by atoms with E-state index in [1.165, 1.54) is 24.3 Å². The molecule has 13 heteroatoms. The zero-order valence-corrected chi connectivity index (χ0v) is 16.4. The first kappa shape index (κ1) is 22.0. The molecule has 0 radical (unpaired) electrons. The molecule has 6 N–H and O–H groups in total. The van der Waals surface area contributed by atoms with Crippen LogP contribution in [0, 0.1) is 10.1 Å². The number of nitrogens with two attached hydrogens (primary N) is 1. The van der Waals surface area contributed by atoms with E-state index in [0.29, 0.717) is 5.56 Å². The number of rotatable bonds is 4. The normalized spacial score (nSPS) is 35.6. The van der Waals surface area contributed by atoms with Gasteiger partial charge in [0.25, 0.3) is 5.69 Å². The van der Waals surface area contributed by atoms with Gasteiger partial charge in [-0.3, -0.25) is 19.8 Å². The van der Waals surface area contributed by atoms with Gasteiger partial charge >= 0.3 is 0 Å². The Morgan fingerprint density at radius 2 is 1.83 bits per heavy atom. The Kier molecular flexibility index (Phi) is 6.50. The number of aliphatic hydroxyl groups excluding tert-OH is 4. The first-order valence-corrected chi connectivity index (χ1v) is 9.80. The number of nitro benzene ring substituents is 1. The van der Waals surface area contributed by atoms with E-state index in [4.69, 9.17) is 22.7 Å². The summed E-state index contributed by atoms with van der Waals surface area (Å²) in [4.78, 5) is 24.1. The lowest BCUT2D eigenvalue weighted by Crippen LogP contribution is -2.67. The van der Waals surface area contributed by atoms with Crippen LogP contribution < -0.4 is 5.73 Å². The van der Waals surface area contributed by atoms with Gasteiger partial charge in [0.05, 0.1) is 16.8 Å². The van der Waals surface area contributed by atoms with E-state index in [1.54, 1.807) is 0 Å². The number of nitro groups is 1. The number of benzene rings is 1. The smallest absolute Gasteiger partial charge is 0.269 e. The molecule has 2 aliphatic heterocycles. The van der Waals surface area contributed by atoms with Crippen LogP contribution in [0.25, 0.3) is 0 Å². The van der Waals surface area contributed by atoms with Gasteiger partial charge in [0.1, 0.15) is 34.8 Å². The second-order valence-electron chi connectivity index (χ2n) is 6.61. The summed E-state index contributed by atoms with van der Waals surface area (Å²) in [5, 5.41) is 49.7. The maximum Gasteiger partial charge on any atom is 0.269 e. The Hall–Kier alpha value is -1.71. The number of hydrogen-bond donors (Lipinski definition) is 5. The maximum absolute atomic E-state index is 12.9. The van der Waals surface area contributed by atoms with Crippen molar-refractivity contribution >= 4 is 39.9 Å². The monoisotopic (exact) mass is 445 g/mol. The lowest BCUT2D eigenvalue weighted by Gasteiger charge is -2.47. The van der Waals surface area contributed by atoms with Gasteiger partial charge < -0.3 is 30.9 Å². The summed E-state index contributed by atoms with van der Waals surface area (Å²) in [7, 11) is 0. The molecular formula is C16H19N3O8S2. The molecule has 0 aromatic heterocycles. The molecule has 11 nitrogen and oxygen atoms in total. The number of aliphatic hydroxyl groups is 4. The van der Waals surface area contributed by atoms with Crippen LogP contribution in [0.1, 0.15) is 10.8 Å². The van der Waals surface area contributed by atoms with Crippen molar-refractivity contribution in [3.05, 3.63) is 39.9 Å². The van der Waals surface area contributed by atoms with Gasteiger partial charge in [0.15, 0.2) is 6.23 Å². The van der Waals surface area contributed by atoms with E-state index in [2.05, 4.69) is 0 Å². The number of carbonyl (C=O) groups excluding carboxylic acids is 1. The third-order valence-corrected chi connectivity index (χ3v) is 6.53. The molecule has 2 saturated heterocycles. The molecular weight excluding hydrogens is 426 g/mol. The second-order valence-corrected chi connectivity index (χ2v) is 8.38. The van der Waals surface area contributed by atoms with Crippen molar-refractivity contribution in [2.24, 2.45) is 5.73 Å². The van der Waals surface area contributed by atoms with Crippen molar-refractivity contribution in [1.29, 1.82) is 0 Å². The Morgan fingerprint density at radius 1 is 1.21 bits per heavy atom. The second kappa shape index (κ2) is 8.57. The molecule has 1 aromatic carbocycles. The summed E-state index contributed by atoms with van der Waals surface area (Å²) in [6.07, 6.45) is -7.58. The lowest BCUT2D eigenvalue weighted by atomic mass is 9.97. The van der Waals surface area contributed by atoms with Crippen LogP contribution in [0.5, 0.6) is 0 Å². The average Bonchev–Trinajstić information content (AvgIpc) is 2.70. The lowest BCUT2D eigenvalue weighted by molar-refractivity contribution is -0.384. The summed E-state index contributed by atoms with van der Waals surface area (Å²) in [5.41, 5.74) is 6.52. The third kappa shape index (κ3) is 4.00. The minimum absolute atomic E-state index is 0.00406. The first-order chi connectivity index (χ1) is 13.7. The molecule has 3 rings (SSSR count). The van der Waals surface area contributed by atoms with Crippen LogP contribution in [0.15, 0.2) is 24.3 Å².